The molecule has 86 valence electrons. The molecule has 2 fully saturated rings. The zero-order valence-corrected chi connectivity index (χ0v) is 11.2. The number of piperidine rings is 1. The van der Waals surface area contributed by atoms with Gasteiger partial charge < -0.3 is 4.90 Å². The predicted molar refractivity (Wildman–Crippen MR) is 65.0 cm³/mol. The van der Waals surface area contributed by atoms with E-state index in [-0.39, 0.29) is 5.92 Å². The van der Waals surface area contributed by atoms with Crippen molar-refractivity contribution in [1.29, 1.82) is 0 Å². The van der Waals surface area contributed by atoms with Crippen molar-refractivity contribution in [3.05, 3.63) is 0 Å². The fourth-order valence-electron chi connectivity index (χ4n) is 2.47. The Bertz CT molecular complexity index is 252. The van der Waals surface area contributed by atoms with Crippen LogP contribution in [0, 0.1) is 11.8 Å². The second kappa shape index (κ2) is 4.44. The average molecular weight is 274 g/mol. The first kappa shape index (κ1) is 11.4. The zero-order valence-electron chi connectivity index (χ0n) is 9.58. The standard InChI is InChI=1S/C12H20BrNO/c1-8(10-5-6-10)12(15)14-7-3-4-11(13)9(14)2/h8-11H,3-7H2,1-2H3. The number of rotatable bonds is 2. The minimum Gasteiger partial charge on any atom is -0.339 e. The van der Waals surface area contributed by atoms with Crippen LogP contribution in [0.15, 0.2) is 0 Å². The van der Waals surface area contributed by atoms with Crippen molar-refractivity contribution in [2.24, 2.45) is 11.8 Å². The molecule has 2 nitrogen and oxygen atoms in total. The number of hydrogen-bond donors (Lipinski definition) is 0. The van der Waals surface area contributed by atoms with Crippen LogP contribution in [0.5, 0.6) is 0 Å². The summed E-state index contributed by atoms with van der Waals surface area (Å²) in [6, 6.07) is 0.368. The van der Waals surface area contributed by atoms with Crippen LogP contribution in [-0.2, 0) is 4.79 Å². The molecule has 1 aliphatic heterocycles. The number of carbonyl (C=O) groups excluding carboxylic acids is 1. The van der Waals surface area contributed by atoms with Crippen molar-refractivity contribution in [2.75, 3.05) is 6.54 Å². The monoisotopic (exact) mass is 273 g/mol. The molecule has 1 aliphatic carbocycles. The summed E-state index contributed by atoms with van der Waals surface area (Å²) in [6.07, 6.45) is 4.85. The zero-order chi connectivity index (χ0) is 11.0. The highest BCUT2D eigenvalue weighted by Crippen LogP contribution is 2.38. The molecular formula is C12H20BrNO. The highest BCUT2D eigenvalue weighted by atomic mass is 79.9. The van der Waals surface area contributed by atoms with E-state index in [1.54, 1.807) is 0 Å². The van der Waals surface area contributed by atoms with Crippen LogP contribution in [0.2, 0.25) is 0 Å². The molecule has 2 rings (SSSR count). The van der Waals surface area contributed by atoms with Gasteiger partial charge in [-0.1, -0.05) is 22.9 Å². The Morgan fingerprint density at radius 3 is 2.67 bits per heavy atom. The molecule has 15 heavy (non-hydrogen) atoms. The van der Waals surface area contributed by atoms with Gasteiger partial charge in [0.1, 0.15) is 0 Å². The van der Waals surface area contributed by atoms with Gasteiger partial charge in [0.2, 0.25) is 5.91 Å². The normalized spacial score (nSPS) is 33.9. The third kappa shape index (κ3) is 2.38. The van der Waals surface area contributed by atoms with Crippen molar-refractivity contribution >= 4 is 21.8 Å². The third-order valence-corrected chi connectivity index (χ3v) is 5.12. The number of amides is 1. The van der Waals surface area contributed by atoms with E-state index in [2.05, 4.69) is 34.7 Å². The van der Waals surface area contributed by atoms with Crippen molar-refractivity contribution in [3.8, 4) is 0 Å². The highest BCUT2D eigenvalue weighted by Gasteiger charge is 2.38. The number of halogens is 1. The van der Waals surface area contributed by atoms with Crippen LogP contribution in [0.3, 0.4) is 0 Å². The second-order valence-electron chi connectivity index (χ2n) is 5.06. The van der Waals surface area contributed by atoms with E-state index in [9.17, 15) is 4.79 Å². The molecule has 0 N–H and O–H groups in total. The summed E-state index contributed by atoms with van der Waals surface area (Å²) in [5.41, 5.74) is 0. The molecule has 0 radical (unpaired) electrons. The van der Waals surface area contributed by atoms with Crippen LogP contribution in [-0.4, -0.2) is 28.2 Å². The summed E-state index contributed by atoms with van der Waals surface area (Å²) in [5, 5.41) is 0. The lowest BCUT2D eigenvalue weighted by molar-refractivity contribution is -0.138. The third-order valence-electron chi connectivity index (χ3n) is 3.90. The lowest BCUT2D eigenvalue weighted by Gasteiger charge is -2.38. The Kier molecular flexibility index (Phi) is 3.39. The van der Waals surface area contributed by atoms with Crippen molar-refractivity contribution < 1.29 is 4.79 Å². The van der Waals surface area contributed by atoms with E-state index < -0.39 is 0 Å². The Morgan fingerprint density at radius 1 is 1.40 bits per heavy atom. The van der Waals surface area contributed by atoms with Gasteiger partial charge in [0.05, 0.1) is 0 Å². The Hall–Kier alpha value is -0.0500. The Morgan fingerprint density at radius 2 is 2.07 bits per heavy atom. The molecule has 0 spiro atoms. The van der Waals surface area contributed by atoms with E-state index in [0.29, 0.717) is 22.7 Å². The maximum atomic E-state index is 12.2. The van der Waals surface area contributed by atoms with Gasteiger partial charge in [-0.3, -0.25) is 4.79 Å². The molecule has 3 atom stereocenters. The van der Waals surface area contributed by atoms with Crippen LogP contribution < -0.4 is 0 Å². The van der Waals surface area contributed by atoms with Gasteiger partial charge in [0.15, 0.2) is 0 Å². The number of alkyl halides is 1. The lowest BCUT2D eigenvalue weighted by atomic mass is 9.98. The lowest BCUT2D eigenvalue weighted by Crippen LogP contribution is -2.49. The largest absolute Gasteiger partial charge is 0.339 e. The quantitative estimate of drug-likeness (QED) is 0.709. The summed E-state index contributed by atoms with van der Waals surface area (Å²) in [4.78, 5) is 14.8. The van der Waals surface area contributed by atoms with E-state index in [0.717, 1.165) is 13.0 Å². The van der Waals surface area contributed by atoms with Gasteiger partial charge >= 0.3 is 0 Å². The van der Waals surface area contributed by atoms with Gasteiger partial charge in [-0.25, -0.2) is 0 Å². The maximum Gasteiger partial charge on any atom is 0.225 e. The van der Waals surface area contributed by atoms with E-state index >= 15 is 0 Å². The first-order chi connectivity index (χ1) is 7.11. The van der Waals surface area contributed by atoms with Gasteiger partial charge in [0, 0.05) is 23.3 Å². The number of nitrogens with zero attached hydrogens (tertiary/aromatic N) is 1. The molecule has 2 aliphatic rings. The van der Waals surface area contributed by atoms with Crippen molar-refractivity contribution in [1.82, 2.24) is 4.90 Å². The summed E-state index contributed by atoms with van der Waals surface area (Å²) in [5.74, 6) is 1.32. The SMILES string of the molecule is CC(C(=O)N1CCCC(Br)C1C)C1CC1. The summed E-state index contributed by atoms with van der Waals surface area (Å²) in [7, 11) is 0. The average Bonchev–Trinajstić information content (AvgIpc) is 3.03. The molecule has 0 bridgehead atoms. The van der Waals surface area contributed by atoms with Gasteiger partial charge in [-0.05, 0) is 38.5 Å². The molecule has 1 saturated carbocycles. The minimum atomic E-state index is 0.255. The van der Waals surface area contributed by atoms with E-state index in [1.165, 1.54) is 19.3 Å². The first-order valence-electron chi connectivity index (χ1n) is 6.06. The molecular weight excluding hydrogens is 254 g/mol. The van der Waals surface area contributed by atoms with E-state index in [4.69, 9.17) is 0 Å². The number of hydrogen-bond acceptors (Lipinski definition) is 1. The maximum absolute atomic E-state index is 12.2. The molecule has 0 aromatic rings. The second-order valence-corrected chi connectivity index (χ2v) is 6.23. The molecule has 3 heteroatoms. The molecule has 0 aromatic carbocycles. The van der Waals surface area contributed by atoms with Gasteiger partial charge in [-0.15, -0.1) is 0 Å². The minimum absolute atomic E-state index is 0.255. The molecule has 1 amide bonds. The van der Waals surface area contributed by atoms with Gasteiger partial charge in [0.25, 0.3) is 0 Å². The highest BCUT2D eigenvalue weighted by molar-refractivity contribution is 9.09. The predicted octanol–water partition coefficient (Wildman–Crippen LogP) is 2.81. The van der Waals surface area contributed by atoms with Crippen molar-refractivity contribution in [3.63, 3.8) is 0 Å². The van der Waals surface area contributed by atoms with Crippen LogP contribution >= 0.6 is 15.9 Å². The number of likely N-dealkylation sites (tertiary alicyclic amines) is 1. The smallest absolute Gasteiger partial charge is 0.225 e. The number of carbonyl (C=O) groups is 1. The fraction of sp³-hybridized carbons (Fsp3) is 0.917. The summed E-state index contributed by atoms with van der Waals surface area (Å²) in [6.45, 7) is 5.22. The van der Waals surface area contributed by atoms with Crippen LogP contribution in [0.4, 0.5) is 0 Å². The van der Waals surface area contributed by atoms with Gasteiger partial charge in [-0.2, -0.15) is 0 Å². The summed E-state index contributed by atoms with van der Waals surface area (Å²) >= 11 is 3.67. The van der Waals surface area contributed by atoms with Crippen molar-refractivity contribution in [2.45, 2.75) is 50.4 Å². The summed E-state index contributed by atoms with van der Waals surface area (Å²) < 4.78 is 0. The molecule has 1 saturated heterocycles. The van der Waals surface area contributed by atoms with Crippen LogP contribution in [0.25, 0.3) is 0 Å². The topological polar surface area (TPSA) is 20.3 Å². The molecule has 1 heterocycles. The molecule has 0 aromatic heterocycles. The van der Waals surface area contributed by atoms with E-state index in [1.807, 2.05) is 0 Å². The Balaban J connectivity index is 1.98. The first-order valence-corrected chi connectivity index (χ1v) is 6.97. The Labute approximate surface area is 101 Å². The molecule has 3 unspecified atom stereocenters. The fourth-order valence-corrected chi connectivity index (χ4v) is 3.08. The van der Waals surface area contributed by atoms with Crippen LogP contribution in [0.1, 0.15) is 39.5 Å².